The van der Waals surface area contributed by atoms with E-state index in [4.69, 9.17) is 4.74 Å². The first kappa shape index (κ1) is 10.9. The third kappa shape index (κ3) is 2.13. The molecule has 2 heterocycles. The molecule has 2 nitrogen and oxygen atoms in total. The van der Waals surface area contributed by atoms with Gasteiger partial charge in [-0.15, -0.1) is 11.8 Å². The van der Waals surface area contributed by atoms with Crippen LogP contribution in [0.25, 0.3) is 5.69 Å². The summed E-state index contributed by atoms with van der Waals surface area (Å²) in [7, 11) is 0. The average molecular weight is 245 g/mol. The number of rotatable bonds is 2. The fourth-order valence-electron chi connectivity index (χ4n) is 2.11. The third-order valence-electron chi connectivity index (χ3n) is 3.00. The van der Waals surface area contributed by atoms with Gasteiger partial charge in [-0.05, 0) is 24.6 Å². The molecule has 3 heteroatoms. The Labute approximate surface area is 106 Å². The lowest BCUT2D eigenvalue weighted by Crippen LogP contribution is -1.94. The monoisotopic (exact) mass is 245 g/mol. The number of benzene rings is 1. The zero-order chi connectivity index (χ0) is 11.7. The molecule has 1 aliphatic heterocycles. The van der Waals surface area contributed by atoms with Gasteiger partial charge in [0.15, 0.2) is 0 Å². The van der Waals surface area contributed by atoms with Crippen LogP contribution in [-0.2, 0) is 4.74 Å². The Hall–Kier alpha value is -1.19. The zero-order valence-electron chi connectivity index (χ0n) is 9.80. The fraction of sp³-hybridized carbons (Fsp3) is 0.286. The Morgan fingerprint density at radius 3 is 2.94 bits per heavy atom. The molecule has 1 saturated heterocycles. The summed E-state index contributed by atoms with van der Waals surface area (Å²) in [5.41, 5.74) is 4.01. The van der Waals surface area contributed by atoms with Crippen LogP contribution in [0, 0.1) is 6.92 Å². The van der Waals surface area contributed by atoms with Gasteiger partial charge in [-0.1, -0.05) is 18.2 Å². The number of ether oxygens (including phenoxy) is 1. The molecule has 0 N–H and O–H groups in total. The van der Waals surface area contributed by atoms with E-state index in [2.05, 4.69) is 54.2 Å². The fourth-order valence-corrected chi connectivity index (χ4v) is 3.04. The number of aryl methyl sites for hydroxylation is 1. The van der Waals surface area contributed by atoms with Gasteiger partial charge in [0.25, 0.3) is 0 Å². The van der Waals surface area contributed by atoms with E-state index in [1.165, 1.54) is 16.8 Å². The van der Waals surface area contributed by atoms with Gasteiger partial charge >= 0.3 is 0 Å². The van der Waals surface area contributed by atoms with E-state index in [1.54, 1.807) is 0 Å². The minimum absolute atomic E-state index is 0.222. The van der Waals surface area contributed by atoms with Crippen LogP contribution >= 0.6 is 11.8 Å². The van der Waals surface area contributed by atoms with E-state index in [0.717, 1.165) is 12.4 Å². The summed E-state index contributed by atoms with van der Waals surface area (Å²) in [4.78, 5) is 0. The van der Waals surface area contributed by atoms with Crippen LogP contribution in [0.1, 0.15) is 16.6 Å². The quantitative estimate of drug-likeness (QED) is 0.803. The molecule has 88 valence electrons. The van der Waals surface area contributed by atoms with Crippen molar-refractivity contribution in [2.75, 3.05) is 12.4 Å². The van der Waals surface area contributed by atoms with Gasteiger partial charge in [-0.2, -0.15) is 0 Å². The maximum Gasteiger partial charge on any atom is 0.130 e. The number of thioether (sulfide) groups is 1. The molecule has 1 aliphatic rings. The highest BCUT2D eigenvalue weighted by molar-refractivity contribution is 7.99. The van der Waals surface area contributed by atoms with Crippen LogP contribution in [0.5, 0.6) is 0 Å². The molecular formula is C14H15NOS. The minimum Gasteiger partial charge on any atom is -0.362 e. The maximum atomic E-state index is 5.67. The highest BCUT2D eigenvalue weighted by Crippen LogP contribution is 2.35. The smallest absolute Gasteiger partial charge is 0.130 e. The molecule has 1 fully saturated rings. The molecule has 1 aromatic heterocycles. The molecular weight excluding hydrogens is 230 g/mol. The number of para-hydroxylation sites is 1. The summed E-state index contributed by atoms with van der Waals surface area (Å²) in [6.07, 6.45) is 4.28. The van der Waals surface area contributed by atoms with Crippen LogP contribution in [0.3, 0.4) is 0 Å². The molecule has 0 amide bonds. The van der Waals surface area contributed by atoms with Crippen molar-refractivity contribution in [3.8, 4) is 5.69 Å². The normalized spacial score (nSPS) is 19.7. The van der Waals surface area contributed by atoms with E-state index in [0.29, 0.717) is 0 Å². The van der Waals surface area contributed by atoms with E-state index >= 15 is 0 Å². The van der Waals surface area contributed by atoms with E-state index in [1.807, 2.05) is 11.8 Å². The first-order valence-electron chi connectivity index (χ1n) is 5.82. The summed E-state index contributed by atoms with van der Waals surface area (Å²) in [5.74, 6) is 1.10. The molecule has 2 aromatic rings. The second kappa shape index (κ2) is 4.59. The summed E-state index contributed by atoms with van der Waals surface area (Å²) >= 11 is 1.87. The van der Waals surface area contributed by atoms with Crippen LogP contribution in [-0.4, -0.2) is 16.9 Å². The molecule has 0 bridgehead atoms. The summed E-state index contributed by atoms with van der Waals surface area (Å²) in [5, 5.41) is 0. The Morgan fingerprint density at radius 2 is 2.18 bits per heavy atom. The Kier molecular flexibility index (Phi) is 2.95. The number of aromatic nitrogens is 1. The highest BCUT2D eigenvalue weighted by Gasteiger charge is 2.19. The number of hydrogen-bond donors (Lipinski definition) is 0. The molecule has 1 atom stereocenters. The molecule has 0 aliphatic carbocycles. The van der Waals surface area contributed by atoms with Crippen LogP contribution in [0.2, 0.25) is 0 Å². The lowest BCUT2D eigenvalue weighted by Gasteiger charge is -2.07. The van der Waals surface area contributed by atoms with Crippen molar-refractivity contribution in [2.45, 2.75) is 12.4 Å². The topological polar surface area (TPSA) is 14.2 Å². The van der Waals surface area contributed by atoms with E-state index in [9.17, 15) is 0 Å². The summed E-state index contributed by atoms with van der Waals surface area (Å²) < 4.78 is 7.84. The van der Waals surface area contributed by atoms with Crippen molar-refractivity contribution in [1.82, 2.24) is 4.57 Å². The number of nitrogens with zero attached hydrogens (tertiary/aromatic N) is 1. The summed E-state index contributed by atoms with van der Waals surface area (Å²) in [6.45, 7) is 3.00. The molecule has 1 unspecified atom stereocenters. The van der Waals surface area contributed by atoms with Crippen molar-refractivity contribution in [3.05, 3.63) is 53.9 Å². The van der Waals surface area contributed by atoms with Gasteiger partial charge in [0.05, 0.1) is 6.61 Å². The average Bonchev–Trinajstić information content (AvgIpc) is 3.00. The first-order valence-corrected chi connectivity index (χ1v) is 6.86. The molecule has 1 aromatic carbocycles. The van der Waals surface area contributed by atoms with Crippen LogP contribution in [0.4, 0.5) is 0 Å². The van der Waals surface area contributed by atoms with Crippen molar-refractivity contribution in [3.63, 3.8) is 0 Å². The van der Waals surface area contributed by atoms with Gasteiger partial charge in [-0.25, -0.2) is 0 Å². The Bertz CT molecular complexity index is 514. The lowest BCUT2D eigenvalue weighted by molar-refractivity contribution is 0.145. The summed E-state index contributed by atoms with van der Waals surface area (Å²) in [6, 6.07) is 10.6. The predicted molar refractivity (Wildman–Crippen MR) is 71.7 cm³/mol. The SMILES string of the molecule is Cc1ccccc1-n1ccc(C2OCCS2)c1. The van der Waals surface area contributed by atoms with Crippen LogP contribution in [0.15, 0.2) is 42.7 Å². The third-order valence-corrected chi connectivity index (χ3v) is 4.12. The van der Waals surface area contributed by atoms with Crippen molar-refractivity contribution < 1.29 is 4.74 Å². The van der Waals surface area contributed by atoms with Crippen molar-refractivity contribution in [1.29, 1.82) is 0 Å². The molecule has 0 spiro atoms. The van der Waals surface area contributed by atoms with Gasteiger partial charge in [0.1, 0.15) is 5.44 Å². The second-order valence-corrected chi connectivity index (χ2v) is 5.38. The lowest BCUT2D eigenvalue weighted by atomic mass is 10.2. The molecule has 17 heavy (non-hydrogen) atoms. The van der Waals surface area contributed by atoms with Crippen molar-refractivity contribution >= 4 is 11.8 Å². The van der Waals surface area contributed by atoms with Gasteiger partial charge in [0, 0.05) is 29.4 Å². The standard InChI is InChI=1S/C14H15NOS/c1-11-4-2-3-5-13(11)15-7-6-12(10-15)14-16-8-9-17-14/h2-7,10,14H,8-9H2,1H3. The zero-order valence-corrected chi connectivity index (χ0v) is 10.6. The second-order valence-electron chi connectivity index (χ2n) is 4.21. The molecule has 3 rings (SSSR count). The van der Waals surface area contributed by atoms with E-state index < -0.39 is 0 Å². The molecule has 0 saturated carbocycles. The predicted octanol–water partition coefficient (Wildman–Crippen LogP) is 3.55. The first-order chi connectivity index (χ1) is 8.34. The van der Waals surface area contributed by atoms with E-state index in [-0.39, 0.29) is 5.44 Å². The van der Waals surface area contributed by atoms with Gasteiger partial charge in [0.2, 0.25) is 0 Å². The number of hydrogen-bond acceptors (Lipinski definition) is 2. The molecule has 0 radical (unpaired) electrons. The van der Waals surface area contributed by atoms with Crippen LogP contribution < -0.4 is 0 Å². The van der Waals surface area contributed by atoms with Crippen molar-refractivity contribution in [2.24, 2.45) is 0 Å². The highest BCUT2D eigenvalue weighted by atomic mass is 32.2. The maximum absolute atomic E-state index is 5.67. The Morgan fingerprint density at radius 1 is 1.29 bits per heavy atom. The Balaban J connectivity index is 1.92. The largest absolute Gasteiger partial charge is 0.362 e. The van der Waals surface area contributed by atoms with Gasteiger partial charge < -0.3 is 9.30 Å². The minimum atomic E-state index is 0.222. The van der Waals surface area contributed by atoms with Gasteiger partial charge in [-0.3, -0.25) is 0 Å².